The normalized spacial score (nSPS) is 16.7. The van der Waals surface area contributed by atoms with Crippen molar-refractivity contribution in [3.63, 3.8) is 0 Å². The highest BCUT2D eigenvalue weighted by atomic mass is 32.2. The smallest absolute Gasteiger partial charge is 0.455 e. The maximum Gasteiger partial charge on any atom is 0.462 e. The van der Waals surface area contributed by atoms with E-state index in [-0.39, 0.29) is 17.2 Å². The van der Waals surface area contributed by atoms with Crippen LogP contribution < -0.4 is 20.3 Å². The van der Waals surface area contributed by atoms with Crippen molar-refractivity contribution in [3.05, 3.63) is 84.4 Å². The molecule has 4 aromatic rings. The molecule has 4 heterocycles. The van der Waals surface area contributed by atoms with E-state index in [0.717, 1.165) is 12.0 Å². The number of anilines is 3. The standard InChI is InChI=1S/C29H25N5O4S/c1-3-25(35)32-24-13-8-16-33(24)29(37)39-17-19-26-21(14-15-30-27(26)39)34(28(36)31-19)20-10-5-7-12-23(20)38-22-11-6-4-9-18(22)2/h3-7,9-12,14-15,17,24H,1,8,13,16H2,2H3,(H-,31,32,35,36)/p+1/t24-,39?/m1/s1. The average Bonchev–Trinajstić information content (AvgIpc) is 3.56. The zero-order valence-corrected chi connectivity index (χ0v) is 22.0. The highest BCUT2D eigenvalue weighted by Gasteiger charge is 2.42. The van der Waals surface area contributed by atoms with Crippen LogP contribution in [0.4, 0.5) is 26.7 Å². The summed E-state index contributed by atoms with van der Waals surface area (Å²) in [5.74, 6) is 0.892. The van der Waals surface area contributed by atoms with E-state index in [2.05, 4.69) is 22.2 Å². The Morgan fingerprint density at radius 3 is 2.69 bits per heavy atom. The van der Waals surface area contributed by atoms with Gasteiger partial charge in [0.05, 0.1) is 11.4 Å². The molecule has 0 saturated carbocycles. The third-order valence-corrected chi connectivity index (χ3v) is 8.69. The van der Waals surface area contributed by atoms with Crippen LogP contribution in [0.3, 0.4) is 0 Å². The second kappa shape index (κ2) is 9.88. The number of nitrogens with zero attached hydrogens (tertiary/aromatic N) is 3. The Hall–Kier alpha value is -4.70. The Labute approximate surface area is 227 Å². The highest BCUT2D eigenvalue weighted by Crippen LogP contribution is 2.49. The minimum Gasteiger partial charge on any atom is -0.455 e. The molecule has 0 aliphatic carbocycles. The van der Waals surface area contributed by atoms with Gasteiger partial charge in [-0.25, -0.2) is 14.6 Å². The second-order valence-corrected chi connectivity index (χ2v) is 11.0. The lowest BCUT2D eigenvalue weighted by molar-refractivity contribution is -0.117. The molecule has 4 amide bonds. The van der Waals surface area contributed by atoms with Gasteiger partial charge in [-0.2, -0.15) is 0 Å². The number of hydrogen-bond acceptors (Lipinski definition) is 5. The van der Waals surface area contributed by atoms with Gasteiger partial charge in [-0.15, -0.1) is 0 Å². The largest absolute Gasteiger partial charge is 0.462 e. The number of ether oxygens (including phenoxy) is 1. The molecule has 10 heteroatoms. The number of pyridine rings is 1. The zero-order chi connectivity index (χ0) is 27.1. The van der Waals surface area contributed by atoms with E-state index < -0.39 is 16.6 Å². The van der Waals surface area contributed by atoms with Gasteiger partial charge in [0.1, 0.15) is 33.5 Å². The van der Waals surface area contributed by atoms with E-state index in [1.54, 1.807) is 27.4 Å². The number of rotatable bonds is 6. The van der Waals surface area contributed by atoms with E-state index in [1.807, 2.05) is 55.5 Å². The molecule has 0 bridgehead atoms. The number of nitrogens with one attached hydrogen (secondary N) is 2. The number of para-hydroxylation sites is 3. The zero-order valence-electron chi connectivity index (χ0n) is 21.2. The lowest BCUT2D eigenvalue weighted by atomic mass is 10.1. The summed E-state index contributed by atoms with van der Waals surface area (Å²) in [4.78, 5) is 47.6. The fourth-order valence-electron chi connectivity index (χ4n) is 5.02. The number of likely N-dealkylation sites (tertiary alicyclic amines) is 1. The van der Waals surface area contributed by atoms with Crippen molar-refractivity contribution in [1.29, 1.82) is 0 Å². The molecular formula is C29H26N5O4S+. The van der Waals surface area contributed by atoms with E-state index in [4.69, 9.17) is 4.74 Å². The monoisotopic (exact) mass is 540 g/mol. The Bertz CT molecular complexity index is 1650. The first-order valence-corrected chi connectivity index (χ1v) is 13.9. The van der Waals surface area contributed by atoms with Crippen molar-refractivity contribution >= 4 is 54.9 Å². The Morgan fingerprint density at radius 1 is 1.13 bits per heavy atom. The van der Waals surface area contributed by atoms with Crippen molar-refractivity contribution in [2.75, 3.05) is 16.8 Å². The summed E-state index contributed by atoms with van der Waals surface area (Å²) >= 11 is 0. The summed E-state index contributed by atoms with van der Waals surface area (Å²) in [6, 6.07) is 16.4. The van der Waals surface area contributed by atoms with E-state index in [9.17, 15) is 14.4 Å². The number of urea groups is 1. The Morgan fingerprint density at radius 2 is 1.90 bits per heavy atom. The predicted octanol–water partition coefficient (Wildman–Crippen LogP) is 6.46. The summed E-state index contributed by atoms with van der Waals surface area (Å²) in [5.41, 5.74) is 2.72. The summed E-state index contributed by atoms with van der Waals surface area (Å²) in [5, 5.41) is 8.15. The topological polar surface area (TPSA) is 104 Å². The summed E-state index contributed by atoms with van der Waals surface area (Å²) in [6.07, 6.45) is 3.87. The van der Waals surface area contributed by atoms with Crippen molar-refractivity contribution in [2.24, 2.45) is 0 Å². The van der Waals surface area contributed by atoms with E-state index >= 15 is 0 Å². The van der Waals surface area contributed by atoms with Crippen LogP contribution in [0.15, 0.2) is 78.8 Å². The van der Waals surface area contributed by atoms with Gasteiger partial charge in [0, 0.05) is 12.7 Å². The van der Waals surface area contributed by atoms with E-state index in [0.29, 0.717) is 51.7 Å². The van der Waals surface area contributed by atoms with Crippen LogP contribution in [0.5, 0.6) is 11.5 Å². The van der Waals surface area contributed by atoms with Crippen molar-refractivity contribution in [1.82, 2.24) is 15.2 Å². The molecule has 2 aromatic heterocycles. The number of carbonyl (C=O) groups is 3. The SMILES string of the molecule is C=CC(=O)N[C@H]1CCCN1C(=O)[s+]1cc2c3c(ccnc31)N(c1ccccc1Oc1ccccc1C)C(=O)N2. The van der Waals surface area contributed by atoms with Crippen LogP contribution in [0.2, 0.25) is 0 Å². The molecular weight excluding hydrogens is 514 g/mol. The molecule has 1 fully saturated rings. The van der Waals surface area contributed by atoms with Crippen LogP contribution in [0.1, 0.15) is 18.4 Å². The molecule has 2 aromatic carbocycles. The average molecular weight is 541 g/mol. The molecule has 2 aliphatic heterocycles. The lowest BCUT2D eigenvalue weighted by Crippen LogP contribution is -2.45. The van der Waals surface area contributed by atoms with Gasteiger partial charge in [0.25, 0.3) is 4.83 Å². The Balaban J connectivity index is 1.40. The summed E-state index contributed by atoms with van der Waals surface area (Å²) < 4.78 is 6.26. The summed E-state index contributed by atoms with van der Waals surface area (Å²) in [7, 11) is -1.04. The number of benzene rings is 2. The third kappa shape index (κ3) is 4.28. The van der Waals surface area contributed by atoms with Gasteiger partial charge in [-0.1, -0.05) is 36.9 Å². The minimum atomic E-state index is -1.04. The molecule has 0 spiro atoms. The predicted molar refractivity (Wildman–Crippen MR) is 152 cm³/mol. The fraction of sp³-hybridized carbons (Fsp3) is 0.172. The molecule has 2 atom stereocenters. The number of aryl methyl sites for hydroxylation is 1. The van der Waals surface area contributed by atoms with Gasteiger partial charge in [0.15, 0.2) is 11.1 Å². The first kappa shape index (κ1) is 24.6. The molecule has 1 unspecified atom stereocenters. The number of carbonyl (C=O) groups excluding carboxylic acids is 3. The van der Waals surface area contributed by atoms with Crippen LogP contribution in [-0.4, -0.2) is 39.8 Å². The van der Waals surface area contributed by atoms with Crippen LogP contribution in [0, 0.1) is 6.92 Å². The van der Waals surface area contributed by atoms with Gasteiger partial charge >= 0.3 is 11.3 Å². The second-order valence-electron chi connectivity index (χ2n) is 9.31. The van der Waals surface area contributed by atoms with Gasteiger partial charge in [-0.05, 0) is 55.7 Å². The van der Waals surface area contributed by atoms with Crippen LogP contribution in [0.25, 0.3) is 10.2 Å². The number of amides is 4. The summed E-state index contributed by atoms with van der Waals surface area (Å²) in [6.45, 7) is 6.00. The van der Waals surface area contributed by atoms with Gasteiger partial charge in [0.2, 0.25) is 5.91 Å². The Kier molecular flexibility index (Phi) is 6.24. The number of thiophene rings is 1. The molecule has 9 nitrogen and oxygen atoms in total. The fourth-order valence-corrected chi connectivity index (χ4v) is 6.89. The number of hydrogen-bond donors (Lipinski definition) is 2. The maximum atomic E-state index is 13.7. The molecule has 6 rings (SSSR count). The first-order chi connectivity index (χ1) is 19.0. The van der Waals surface area contributed by atoms with Crippen molar-refractivity contribution in [3.8, 4) is 11.5 Å². The third-order valence-electron chi connectivity index (χ3n) is 6.88. The highest BCUT2D eigenvalue weighted by molar-refractivity contribution is 7.54. The molecule has 2 N–H and O–H groups in total. The van der Waals surface area contributed by atoms with Gasteiger partial charge in [-0.3, -0.25) is 14.6 Å². The quantitative estimate of drug-likeness (QED) is 0.216. The first-order valence-electron chi connectivity index (χ1n) is 12.6. The van der Waals surface area contributed by atoms with Crippen molar-refractivity contribution in [2.45, 2.75) is 25.9 Å². The maximum absolute atomic E-state index is 13.7. The lowest BCUT2D eigenvalue weighted by Gasteiger charge is -2.28. The number of aromatic nitrogens is 1. The molecule has 0 radical (unpaired) electrons. The molecule has 1 saturated heterocycles. The minimum absolute atomic E-state index is 0.145. The molecule has 2 aliphatic rings. The van der Waals surface area contributed by atoms with Crippen molar-refractivity contribution < 1.29 is 19.1 Å². The van der Waals surface area contributed by atoms with Gasteiger partial charge < -0.3 is 15.4 Å². The van der Waals surface area contributed by atoms with Crippen LogP contribution >= 0.6 is 10.5 Å². The molecule has 196 valence electrons. The molecule has 39 heavy (non-hydrogen) atoms. The van der Waals surface area contributed by atoms with Crippen LogP contribution in [-0.2, 0) is 4.79 Å². The van der Waals surface area contributed by atoms with E-state index in [1.165, 1.54) is 6.08 Å².